The van der Waals surface area contributed by atoms with Crippen LogP contribution in [0.3, 0.4) is 0 Å². The number of carbonyl (C=O) groups is 2. The maximum absolute atomic E-state index is 13.9. The van der Waals surface area contributed by atoms with Crippen molar-refractivity contribution in [3.05, 3.63) is 94.0 Å². The van der Waals surface area contributed by atoms with Crippen LogP contribution in [0.4, 0.5) is 5.69 Å². The molecule has 3 rings (SSSR count). The first-order valence-electron chi connectivity index (χ1n) is 12.8. The number of hydrogen-bond donors (Lipinski definition) is 1. The monoisotopic (exact) mass is 569 g/mol. The standard InChI is InChI=1S/C30H36ClN3O4S/c1-20(2)32-30(36)24(6)33(18-25-9-7-8-22(4)16-25)29(35)19-34(26-13-12-23(5)28(31)17-26)39(37,38)27-14-10-21(3)11-15-27/h7-17,20,24H,18-19H2,1-6H3,(H,32,36)/t24-/m0/s1. The molecule has 1 atom stereocenters. The molecule has 0 saturated heterocycles. The van der Waals surface area contributed by atoms with Crippen LogP contribution < -0.4 is 9.62 Å². The van der Waals surface area contributed by atoms with Crippen molar-refractivity contribution in [3.63, 3.8) is 0 Å². The zero-order valence-corrected chi connectivity index (χ0v) is 24.8. The van der Waals surface area contributed by atoms with Gasteiger partial charge in [0, 0.05) is 17.6 Å². The topological polar surface area (TPSA) is 86.8 Å². The number of nitrogens with one attached hydrogen (secondary N) is 1. The highest BCUT2D eigenvalue weighted by molar-refractivity contribution is 7.92. The van der Waals surface area contributed by atoms with E-state index in [4.69, 9.17) is 11.6 Å². The largest absolute Gasteiger partial charge is 0.352 e. The Morgan fingerprint density at radius 3 is 2.15 bits per heavy atom. The maximum Gasteiger partial charge on any atom is 0.264 e. The van der Waals surface area contributed by atoms with Crippen LogP contribution in [0.2, 0.25) is 5.02 Å². The number of hydrogen-bond acceptors (Lipinski definition) is 4. The van der Waals surface area contributed by atoms with Crippen molar-refractivity contribution >= 4 is 39.1 Å². The highest BCUT2D eigenvalue weighted by atomic mass is 35.5. The van der Waals surface area contributed by atoms with Crippen molar-refractivity contribution in [2.24, 2.45) is 0 Å². The summed E-state index contributed by atoms with van der Waals surface area (Å²) in [6, 6.07) is 18.0. The Morgan fingerprint density at radius 2 is 1.56 bits per heavy atom. The van der Waals surface area contributed by atoms with Crippen molar-refractivity contribution in [3.8, 4) is 0 Å². The summed E-state index contributed by atoms with van der Waals surface area (Å²) in [5.74, 6) is -0.840. The number of rotatable bonds is 10. The zero-order valence-electron chi connectivity index (χ0n) is 23.2. The molecular weight excluding hydrogens is 534 g/mol. The van der Waals surface area contributed by atoms with Gasteiger partial charge in [0.1, 0.15) is 12.6 Å². The third kappa shape index (κ3) is 7.61. The minimum atomic E-state index is -4.15. The summed E-state index contributed by atoms with van der Waals surface area (Å²) >= 11 is 6.37. The molecule has 0 fully saturated rings. The van der Waals surface area contributed by atoms with Crippen LogP contribution in [0.15, 0.2) is 71.6 Å². The Balaban J connectivity index is 2.06. The van der Waals surface area contributed by atoms with Gasteiger partial charge in [-0.05, 0) is 76.9 Å². The van der Waals surface area contributed by atoms with E-state index in [9.17, 15) is 18.0 Å². The third-order valence-electron chi connectivity index (χ3n) is 6.36. The lowest BCUT2D eigenvalue weighted by atomic mass is 10.1. The Bertz CT molecular complexity index is 1440. The SMILES string of the molecule is Cc1ccc(S(=O)(=O)N(CC(=O)N(Cc2cccc(C)c2)[C@@H](C)C(=O)NC(C)C)c2ccc(C)c(Cl)c2)cc1. The van der Waals surface area contributed by atoms with Gasteiger partial charge < -0.3 is 10.2 Å². The van der Waals surface area contributed by atoms with Gasteiger partial charge in [-0.3, -0.25) is 13.9 Å². The van der Waals surface area contributed by atoms with E-state index in [0.717, 1.165) is 26.6 Å². The van der Waals surface area contributed by atoms with Crippen molar-refractivity contribution in [2.45, 2.75) is 65.1 Å². The van der Waals surface area contributed by atoms with Crippen molar-refractivity contribution < 1.29 is 18.0 Å². The van der Waals surface area contributed by atoms with E-state index in [1.54, 1.807) is 31.2 Å². The van der Waals surface area contributed by atoms with Gasteiger partial charge in [0.2, 0.25) is 11.8 Å². The summed E-state index contributed by atoms with van der Waals surface area (Å²) in [5, 5.41) is 3.23. The number of amides is 2. The van der Waals surface area contributed by atoms with Gasteiger partial charge >= 0.3 is 0 Å². The number of aryl methyl sites for hydroxylation is 3. The van der Waals surface area contributed by atoms with Gasteiger partial charge in [0.15, 0.2) is 0 Å². The first kappa shape index (κ1) is 30.2. The molecule has 3 aromatic rings. The Labute approximate surface area is 236 Å². The number of nitrogens with zero attached hydrogens (tertiary/aromatic N) is 2. The molecule has 9 heteroatoms. The second-order valence-corrected chi connectivity index (χ2v) is 12.4. The predicted molar refractivity (Wildman–Crippen MR) is 156 cm³/mol. The van der Waals surface area contributed by atoms with Gasteiger partial charge in [0.05, 0.1) is 10.6 Å². The molecule has 7 nitrogen and oxygen atoms in total. The number of carbonyl (C=O) groups excluding carboxylic acids is 2. The normalized spacial score (nSPS) is 12.2. The van der Waals surface area contributed by atoms with Gasteiger partial charge in [-0.25, -0.2) is 8.42 Å². The van der Waals surface area contributed by atoms with E-state index in [2.05, 4.69) is 5.32 Å². The van der Waals surface area contributed by atoms with E-state index < -0.39 is 28.5 Å². The molecule has 0 saturated carbocycles. The summed E-state index contributed by atoms with van der Waals surface area (Å²) in [4.78, 5) is 28.4. The second-order valence-electron chi connectivity index (χ2n) is 10.1. The zero-order chi connectivity index (χ0) is 28.9. The molecule has 0 spiro atoms. The lowest BCUT2D eigenvalue weighted by molar-refractivity contribution is -0.139. The first-order valence-corrected chi connectivity index (χ1v) is 14.6. The van der Waals surface area contributed by atoms with Gasteiger partial charge in [-0.1, -0.05) is 65.2 Å². The number of anilines is 1. The molecule has 208 valence electrons. The van der Waals surface area contributed by atoms with Crippen molar-refractivity contribution in [1.82, 2.24) is 10.2 Å². The van der Waals surface area contributed by atoms with Gasteiger partial charge in [-0.15, -0.1) is 0 Å². The maximum atomic E-state index is 13.9. The molecule has 0 aromatic heterocycles. The van der Waals surface area contributed by atoms with Crippen LogP contribution in [-0.4, -0.2) is 43.8 Å². The highest BCUT2D eigenvalue weighted by Crippen LogP contribution is 2.29. The molecule has 0 bridgehead atoms. The van der Waals surface area contributed by atoms with Crippen LogP contribution in [0, 0.1) is 20.8 Å². The minimum Gasteiger partial charge on any atom is -0.352 e. The lowest BCUT2D eigenvalue weighted by Crippen LogP contribution is -2.52. The number of halogens is 1. The molecule has 0 unspecified atom stereocenters. The van der Waals surface area contributed by atoms with Crippen LogP contribution in [0.25, 0.3) is 0 Å². The van der Waals surface area contributed by atoms with E-state index in [1.807, 2.05) is 58.9 Å². The molecule has 0 aliphatic heterocycles. The van der Waals surface area contributed by atoms with Gasteiger partial charge in [-0.2, -0.15) is 0 Å². The van der Waals surface area contributed by atoms with Crippen LogP contribution in [0.1, 0.15) is 43.0 Å². The predicted octanol–water partition coefficient (Wildman–Crippen LogP) is 5.40. The van der Waals surface area contributed by atoms with E-state index in [1.165, 1.54) is 23.1 Å². The summed E-state index contributed by atoms with van der Waals surface area (Å²) in [6.07, 6.45) is 0. The van der Waals surface area contributed by atoms with Crippen molar-refractivity contribution in [1.29, 1.82) is 0 Å². The third-order valence-corrected chi connectivity index (χ3v) is 8.56. The van der Waals surface area contributed by atoms with Gasteiger partial charge in [0.25, 0.3) is 10.0 Å². The van der Waals surface area contributed by atoms with E-state index in [0.29, 0.717) is 5.02 Å². The Morgan fingerprint density at radius 1 is 0.897 bits per heavy atom. The summed E-state index contributed by atoms with van der Waals surface area (Å²) in [5.41, 5.74) is 3.79. The molecule has 0 aliphatic carbocycles. The summed E-state index contributed by atoms with van der Waals surface area (Å²) < 4.78 is 28.8. The quantitative estimate of drug-likeness (QED) is 0.354. The summed E-state index contributed by atoms with van der Waals surface area (Å²) in [6.45, 7) is 10.6. The minimum absolute atomic E-state index is 0.0495. The lowest BCUT2D eigenvalue weighted by Gasteiger charge is -2.32. The number of sulfonamides is 1. The molecule has 0 radical (unpaired) electrons. The average Bonchev–Trinajstić information content (AvgIpc) is 2.87. The fourth-order valence-electron chi connectivity index (χ4n) is 4.10. The van der Waals surface area contributed by atoms with Crippen molar-refractivity contribution in [2.75, 3.05) is 10.8 Å². The van der Waals surface area contributed by atoms with Crippen LogP contribution >= 0.6 is 11.6 Å². The molecule has 0 aliphatic rings. The molecule has 2 amide bonds. The van der Waals surface area contributed by atoms with E-state index in [-0.39, 0.29) is 29.1 Å². The molecular formula is C30H36ClN3O4S. The molecule has 3 aromatic carbocycles. The second kappa shape index (κ2) is 12.7. The summed E-state index contributed by atoms with van der Waals surface area (Å²) in [7, 11) is -4.15. The Kier molecular flexibility index (Phi) is 9.80. The fraction of sp³-hybridized carbons (Fsp3) is 0.333. The molecule has 39 heavy (non-hydrogen) atoms. The average molecular weight is 570 g/mol. The smallest absolute Gasteiger partial charge is 0.264 e. The molecule has 1 N–H and O–H groups in total. The van der Waals surface area contributed by atoms with E-state index >= 15 is 0 Å². The highest BCUT2D eigenvalue weighted by Gasteiger charge is 2.33. The Hall–Kier alpha value is -3.36. The van der Waals surface area contributed by atoms with Crippen LogP contribution in [-0.2, 0) is 26.2 Å². The molecule has 0 heterocycles. The van der Waals surface area contributed by atoms with Crippen LogP contribution in [0.5, 0.6) is 0 Å². The number of benzene rings is 3. The first-order chi connectivity index (χ1) is 18.3. The fourth-order valence-corrected chi connectivity index (χ4v) is 5.68.